The van der Waals surface area contributed by atoms with Gasteiger partial charge in [-0.3, -0.25) is 0 Å². The van der Waals surface area contributed by atoms with Crippen molar-refractivity contribution < 1.29 is 14.6 Å². The minimum atomic E-state index is -0.0456. The van der Waals surface area contributed by atoms with Gasteiger partial charge in [0.2, 0.25) is 0 Å². The molecule has 0 spiro atoms. The van der Waals surface area contributed by atoms with Gasteiger partial charge in [0.15, 0.2) is 0 Å². The lowest BCUT2D eigenvalue weighted by atomic mass is 9.95. The zero-order valence-electron chi connectivity index (χ0n) is 10.2. The number of rotatable bonds is 10. The highest BCUT2D eigenvalue weighted by atomic mass is 16.5. The van der Waals surface area contributed by atoms with E-state index in [9.17, 15) is 0 Å². The van der Waals surface area contributed by atoms with Gasteiger partial charge in [-0.15, -0.1) is 0 Å². The summed E-state index contributed by atoms with van der Waals surface area (Å²) in [6.45, 7) is 8.12. The topological polar surface area (TPSA) is 50.7 Å². The molecule has 0 heterocycles. The normalized spacial score (nSPS) is 12.0. The first kappa shape index (κ1) is 14.8. The number of nitrogens with one attached hydrogen (secondary N) is 1. The average Bonchev–Trinajstić information content (AvgIpc) is 2.22. The van der Waals surface area contributed by atoms with Crippen LogP contribution in [0.2, 0.25) is 0 Å². The Morgan fingerprint density at radius 1 is 1.20 bits per heavy atom. The fraction of sp³-hybridized carbons (Fsp3) is 1.00. The van der Waals surface area contributed by atoms with Crippen molar-refractivity contribution in [1.29, 1.82) is 0 Å². The number of aliphatic hydroxyl groups is 1. The predicted octanol–water partition coefficient (Wildman–Crippen LogP) is 0.648. The molecule has 0 bridgehead atoms. The Balaban J connectivity index is 3.11. The maximum absolute atomic E-state index is 9.01. The predicted molar refractivity (Wildman–Crippen MR) is 61.0 cm³/mol. The molecule has 15 heavy (non-hydrogen) atoms. The number of ether oxygens (including phenoxy) is 2. The lowest BCUT2D eigenvalue weighted by Crippen LogP contribution is -2.34. The van der Waals surface area contributed by atoms with Gasteiger partial charge in [0.25, 0.3) is 0 Å². The Morgan fingerprint density at radius 3 is 2.53 bits per heavy atom. The molecule has 0 aromatic rings. The molecular formula is C11H25NO3. The van der Waals surface area contributed by atoms with Crippen molar-refractivity contribution in [2.24, 2.45) is 5.41 Å². The molecule has 0 aliphatic rings. The molecule has 0 radical (unpaired) electrons. The first-order valence-corrected chi connectivity index (χ1v) is 5.50. The van der Waals surface area contributed by atoms with Gasteiger partial charge < -0.3 is 19.9 Å². The van der Waals surface area contributed by atoms with Crippen LogP contribution in [0.5, 0.6) is 0 Å². The molecule has 0 aromatic carbocycles. The first-order valence-electron chi connectivity index (χ1n) is 5.50. The highest BCUT2D eigenvalue weighted by Gasteiger charge is 2.14. The smallest absolute Gasteiger partial charge is 0.0590 e. The van der Waals surface area contributed by atoms with Crippen LogP contribution in [0.3, 0.4) is 0 Å². The summed E-state index contributed by atoms with van der Waals surface area (Å²) in [7, 11) is 1.69. The monoisotopic (exact) mass is 219 g/mol. The molecule has 0 saturated carbocycles. The maximum Gasteiger partial charge on any atom is 0.0590 e. The van der Waals surface area contributed by atoms with Gasteiger partial charge in [0.1, 0.15) is 0 Å². The Hall–Kier alpha value is -0.160. The van der Waals surface area contributed by atoms with Gasteiger partial charge in [0, 0.05) is 45.4 Å². The minimum absolute atomic E-state index is 0.0456. The third-order valence-electron chi connectivity index (χ3n) is 2.09. The first-order chi connectivity index (χ1) is 7.12. The van der Waals surface area contributed by atoms with Crippen molar-refractivity contribution in [2.75, 3.05) is 46.6 Å². The van der Waals surface area contributed by atoms with E-state index in [0.717, 1.165) is 32.7 Å². The molecule has 0 aliphatic heterocycles. The summed E-state index contributed by atoms with van der Waals surface area (Å²) in [6, 6.07) is 0. The van der Waals surface area contributed by atoms with Crippen LogP contribution < -0.4 is 5.32 Å². The molecule has 92 valence electrons. The van der Waals surface area contributed by atoms with Crippen LogP contribution in [0.25, 0.3) is 0 Å². The third kappa shape index (κ3) is 10.1. The molecule has 4 heteroatoms. The van der Waals surface area contributed by atoms with Gasteiger partial charge in [-0.05, 0) is 6.42 Å². The van der Waals surface area contributed by atoms with Crippen LogP contribution >= 0.6 is 0 Å². The zero-order chi connectivity index (χ0) is 11.6. The van der Waals surface area contributed by atoms with Crippen molar-refractivity contribution in [3.8, 4) is 0 Å². The summed E-state index contributed by atoms with van der Waals surface area (Å²) in [5.74, 6) is 0. The molecule has 0 unspecified atom stereocenters. The summed E-state index contributed by atoms with van der Waals surface area (Å²) in [4.78, 5) is 0. The number of aliphatic hydroxyl groups excluding tert-OH is 1. The van der Waals surface area contributed by atoms with E-state index in [0.29, 0.717) is 6.61 Å². The van der Waals surface area contributed by atoms with E-state index in [1.807, 2.05) is 13.8 Å². The van der Waals surface area contributed by atoms with Gasteiger partial charge in [-0.2, -0.15) is 0 Å². The zero-order valence-corrected chi connectivity index (χ0v) is 10.2. The summed E-state index contributed by atoms with van der Waals surface area (Å²) in [5, 5.41) is 12.3. The van der Waals surface area contributed by atoms with E-state index in [2.05, 4.69) is 5.32 Å². The Kier molecular flexibility index (Phi) is 9.00. The second-order valence-electron chi connectivity index (χ2n) is 4.46. The number of hydrogen-bond donors (Lipinski definition) is 2. The summed E-state index contributed by atoms with van der Waals surface area (Å²) in [6.07, 6.45) is 0.943. The lowest BCUT2D eigenvalue weighted by Gasteiger charge is -2.21. The molecule has 0 aromatic heterocycles. The van der Waals surface area contributed by atoms with Crippen molar-refractivity contribution in [3.63, 3.8) is 0 Å². The highest BCUT2D eigenvalue weighted by Crippen LogP contribution is 2.10. The Morgan fingerprint density at radius 2 is 1.93 bits per heavy atom. The summed E-state index contributed by atoms with van der Waals surface area (Å²) >= 11 is 0. The van der Waals surface area contributed by atoms with Crippen LogP contribution in [-0.4, -0.2) is 51.7 Å². The van der Waals surface area contributed by atoms with Crippen molar-refractivity contribution in [2.45, 2.75) is 20.3 Å². The van der Waals surface area contributed by atoms with Crippen molar-refractivity contribution in [1.82, 2.24) is 5.32 Å². The fourth-order valence-electron chi connectivity index (χ4n) is 1.03. The highest BCUT2D eigenvalue weighted by molar-refractivity contribution is 4.69. The van der Waals surface area contributed by atoms with Crippen LogP contribution in [-0.2, 0) is 9.47 Å². The SMILES string of the molecule is COCCCOCCNCC(C)(C)CO. The average molecular weight is 219 g/mol. The number of hydrogen-bond acceptors (Lipinski definition) is 4. The van der Waals surface area contributed by atoms with E-state index in [4.69, 9.17) is 14.6 Å². The molecule has 0 fully saturated rings. The van der Waals surface area contributed by atoms with E-state index in [-0.39, 0.29) is 12.0 Å². The molecule has 0 aliphatic carbocycles. The molecule has 4 nitrogen and oxygen atoms in total. The lowest BCUT2D eigenvalue weighted by molar-refractivity contribution is 0.100. The molecule has 0 atom stereocenters. The summed E-state index contributed by atoms with van der Waals surface area (Å²) < 4.78 is 10.3. The largest absolute Gasteiger partial charge is 0.396 e. The molecule has 0 amide bonds. The van der Waals surface area contributed by atoms with E-state index in [1.54, 1.807) is 7.11 Å². The van der Waals surface area contributed by atoms with Crippen LogP contribution in [0.1, 0.15) is 20.3 Å². The minimum Gasteiger partial charge on any atom is -0.396 e. The van der Waals surface area contributed by atoms with Crippen molar-refractivity contribution >= 4 is 0 Å². The number of methoxy groups -OCH3 is 1. The molecular weight excluding hydrogens is 194 g/mol. The second kappa shape index (κ2) is 9.09. The second-order valence-corrected chi connectivity index (χ2v) is 4.46. The van der Waals surface area contributed by atoms with Gasteiger partial charge >= 0.3 is 0 Å². The quantitative estimate of drug-likeness (QED) is 0.530. The Labute approximate surface area is 93.0 Å². The van der Waals surface area contributed by atoms with Crippen LogP contribution in [0, 0.1) is 5.41 Å². The summed E-state index contributed by atoms with van der Waals surface area (Å²) in [5.41, 5.74) is -0.0456. The van der Waals surface area contributed by atoms with E-state index < -0.39 is 0 Å². The van der Waals surface area contributed by atoms with Crippen LogP contribution in [0.4, 0.5) is 0 Å². The molecule has 0 rings (SSSR count). The van der Waals surface area contributed by atoms with Gasteiger partial charge in [-0.1, -0.05) is 13.8 Å². The van der Waals surface area contributed by atoms with E-state index in [1.165, 1.54) is 0 Å². The molecule has 0 saturated heterocycles. The molecule has 2 N–H and O–H groups in total. The van der Waals surface area contributed by atoms with Crippen molar-refractivity contribution in [3.05, 3.63) is 0 Å². The van der Waals surface area contributed by atoms with Crippen LogP contribution in [0.15, 0.2) is 0 Å². The fourth-order valence-corrected chi connectivity index (χ4v) is 1.03. The Bertz CT molecular complexity index is 140. The standard InChI is InChI=1S/C11H25NO3/c1-11(2,10-13)9-12-5-8-15-7-4-6-14-3/h12-13H,4-10H2,1-3H3. The van der Waals surface area contributed by atoms with Gasteiger partial charge in [-0.25, -0.2) is 0 Å². The van der Waals surface area contributed by atoms with Gasteiger partial charge in [0.05, 0.1) is 6.61 Å². The maximum atomic E-state index is 9.01. The third-order valence-corrected chi connectivity index (χ3v) is 2.09. The van der Waals surface area contributed by atoms with E-state index >= 15 is 0 Å².